The van der Waals surface area contributed by atoms with Crippen molar-refractivity contribution in [2.45, 2.75) is 31.2 Å². The molecule has 0 heterocycles. The maximum Gasteiger partial charge on any atom is 0.342 e. The first-order valence-corrected chi connectivity index (χ1v) is 9.36. The predicted molar refractivity (Wildman–Crippen MR) is 98.5 cm³/mol. The maximum absolute atomic E-state index is 12.2. The molecule has 0 spiro atoms. The van der Waals surface area contributed by atoms with Gasteiger partial charge < -0.3 is 19.5 Å². The van der Waals surface area contributed by atoms with Gasteiger partial charge in [0.25, 0.3) is 5.91 Å². The van der Waals surface area contributed by atoms with Crippen LogP contribution in [0.4, 0.5) is 0 Å². The molecule has 0 aliphatic carbocycles. The van der Waals surface area contributed by atoms with Crippen molar-refractivity contribution in [3.63, 3.8) is 0 Å². The number of esters is 2. The molecule has 1 aromatic carbocycles. The summed E-state index contributed by atoms with van der Waals surface area (Å²) in [6.45, 7) is 3.22. The highest BCUT2D eigenvalue weighted by molar-refractivity contribution is 7.98. The molecule has 2 atom stereocenters. The van der Waals surface area contributed by atoms with E-state index in [0.29, 0.717) is 12.2 Å². The van der Waals surface area contributed by atoms with Crippen LogP contribution >= 0.6 is 11.8 Å². The number of ether oxygens (including phenoxy) is 3. The van der Waals surface area contributed by atoms with Crippen molar-refractivity contribution >= 4 is 29.6 Å². The first kappa shape index (κ1) is 21.8. The van der Waals surface area contributed by atoms with Gasteiger partial charge in [0.2, 0.25) is 0 Å². The van der Waals surface area contributed by atoms with E-state index in [1.807, 2.05) is 20.1 Å². The van der Waals surface area contributed by atoms with Crippen LogP contribution in [0.3, 0.4) is 0 Å². The minimum absolute atomic E-state index is 0.110. The van der Waals surface area contributed by atoms with Gasteiger partial charge in [-0.05, 0) is 30.4 Å². The highest BCUT2D eigenvalue weighted by Crippen LogP contribution is 2.25. The quantitative estimate of drug-likeness (QED) is 0.517. The van der Waals surface area contributed by atoms with E-state index in [0.717, 1.165) is 4.90 Å². The Morgan fingerprint density at radius 3 is 2.46 bits per heavy atom. The van der Waals surface area contributed by atoms with Crippen LogP contribution in [0, 0.1) is 5.92 Å². The van der Waals surface area contributed by atoms with Gasteiger partial charge in [-0.3, -0.25) is 4.79 Å². The smallest absolute Gasteiger partial charge is 0.342 e. The summed E-state index contributed by atoms with van der Waals surface area (Å²) in [5.74, 6) is -1.53. The van der Waals surface area contributed by atoms with Crippen LogP contribution < -0.4 is 10.1 Å². The molecule has 0 aromatic heterocycles. The average molecular weight is 383 g/mol. The van der Waals surface area contributed by atoms with Gasteiger partial charge in [-0.1, -0.05) is 20.3 Å². The molecule has 26 heavy (non-hydrogen) atoms. The monoisotopic (exact) mass is 383 g/mol. The second-order valence-electron chi connectivity index (χ2n) is 5.60. The van der Waals surface area contributed by atoms with E-state index >= 15 is 0 Å². The molecule has 1 aromatic rings. The lowest BCUT2D eigenvalue weighted by Gasteiger charge is -2.21. The molecule has 0 unspecified atom stereocenters. The van der Waals surface area contributed by atoms with Crippen molar-refractivity contribution in [1.82, 2.24) is 5.32 Å². The van der Waals surface area contributed by atoms with E-state index in [2.05, 4.69) is 5.32 Å². The minimum Gasteiger partial charge on any atom is -0.496 e. The van der Waals surface area contributed by atoms with E-state index in [1.165, 1.54) is 26.0 Å². The number of amides is 1. The standard InChI is InChI=1S/C18H25NO6S/c1-6-11(2)16(18(22)24-4)19-15(20)10-25-17(21)13-8-7-12(26-5)9-14(13)23-3/h7-9,11,16H,6,10H2,1-5H3,(H,19,20)/t11-,16+/m1/s1. The summed E-state index contributed by atoms with van der Waals surface area (Å²) in [5.41, 5.74) is 0.226. The van der Waals surface area contributed by atoms with Crippen LogP contribution in [0.1, 0.15) is 30.6 Å². The first-order chi connectivity index (χ1) is 12.4. The zero-order valence-electron chi connectivity index (χ0n) is 15.7. The fourth-order valence-electron chi connectivity index (χ4n) is 2.19. The van der Waals surface area contributed by atoms with Gasteiger partial charge in [0.1, 0.15) is 17.4 Å². The highest BCUT2D eigenvalue weighted by atomic mass is 32.2. The molecule has 7 nitrogen and oxygen atoms in total. The molecule has 0 fully saturated rings. The lowest BCUT2D eigenvalue weighted by atomic mass is 9.99. The van der Waals surface area contributed by atoms with Gasteiger partial charge in [0.15, 0.2) is 6.61 Å². The fraction of sp³-hybridized carbons (Fsp3) is 0.500. The Morgan fingerprint density at radius 1 is 1.23 bits per heavy atom. The van der Waals surface area contributed by atoms with E-state index in [9.17, 15) is 14.4 Å². The summed E-state index contributed by atoms with van der Waals surface area (Å²) < 4.78 is 14.9. The van der Waals surface area contributed by atoms with Crippen molar-refractivity contribution < 1.29 is 28.6 Å². The summed E-state index contributed by atoms with van der Waals surface area (Å²) >= 11 is 1.51. The summed E-state index contributed by atoms with van der Waals surface area (Å²) in [6.07, 6.45) is 2.59. The summed E-state index contributed by atoms with van der Waals surface area (Å²) in [5, 5.41) is 2.55. The predicted octanol–water partition coefficient (Wildman–Crippen LogP) is 2.28. The maximum atomic E-state index is 12.2. The van der Waals surface area contributed by atoms with E-state index < -0.39 is 30.5 Å². The Labute approximate surface area is 157 Å². The number of carbonyl (C=O) groups is 3. The van der Waals surface area contributed by atoms with Crippen molar-refractivity contribution in [3.8, 4) is 5.75 Å². The molecule has 0 saturated carbocycles. The molecule has 0 bridgehead atoms. The number of thioether (sulfide) groups is 1. The van der Waals surface area contributed by atoms with Crippen LogP contribution in [0.2, 0.25) is 0 Å². The van der Waals surface area contributed by atoms with Crippen molar-refractivity contribution in [3.05, 3.63) is 23.8 Å². The second kappa shape index (κ2) is 10.7. The Morgan fingerprint density at radius 2 is 1.92 bits per heavy atom. The molecular formula is C18H25NO6S. The molecule has 144 valence electrons. The van der Waals surface area contributed by atoms with E-state index in [4.69, 9.17) is 14.2 Å². The van der Waals surface area contributed by atoms with Crippen molar-refractivity contribution in [1.29, 1.82) is 0 Å². The topological polar surface area (TPSA) is 90.9 Å². The molecule has 1 rings (SSSR count). The highest BCUT2D eigenvalue weighted by Gasteiger charge is 2.27. The van der Waals surface area contributed by atoms with Gasteiger partial charge in [-0.2, -0.15) is 0 Å². The number of hydrogen-bond acceptors (Lipinski definition) is 7. The van der Waals surface area contributed by atoms with Gasteiger partial charge in [0, 0.05) is 4.90 Å². The van der Waals surface area contributed by atoms with Gasteiger partial charge >= 0.3 is 11.9 Å². The lowest BCUT2D eigenvalue weighted by molar-refractivity contribution is -0.147. The molecular weight excluding hydrogens is 358 g/mol. The molecule has 0 saturated heterocycles. The van der Waals surface area contributed by atoms with Gasteiger partial charge in [0.05, 0.1) is 14.2 Å². The minimum atomic E-state index is -0.786. The van der Waals surface area contributed by atoms with Crippen molar-refractivity contribution in [2.75, 3.05) is 27.1 Å². The SMILES string of the molecule is CC[C@@H](C)[C@H](NC(=O)COC(=O)c1ccc(SC)cc1OC)C(=O)OC. The zero-order chi connectivity index (χ0) is 19.7. The molecule has 1 amide bonds. The lowest BCUT2D eigenvalue weighted by Crippen LogP contribution is -2.47. The second-order valence-corrected chi connectivity index (χ2v) is 6.48. The van der Waals surface area contributed by atoms with Gasteiger partial charge in [-0.25, -0.2) is 9.59 Å². The number of rotatable bonds is 9. The number of carbonyl (C=O) groups excluding carboxylic acids is 3. The third-order valence-electron chi connectivity index (χ3n) is 3.95. The van der Waals surface area contributed by atoms with E-state index in [1.54, 1.807) is 18.2 Å². The first-order valence-electron chi connectivity index (χ1n) is 8.14. The summed E-state index contributed by atoms with van der Waals surface area (Å²) in [7, 11) is 2.71. The zero-order valence-corrected chi connectivity index (χ0v) is 16.5. The third-order valence-corrected chi connectivity index (χ3v) is 4.67. The van der Waals surface area contributed by atoms with Crippen LogP contribution in [-0.2, 0) is 19.1 Å². The molecule has 0 radical (unpaired) electrons. The number of hydrogen-bond donors (Lipinski definition) is 1. The third kappa shape index (κ3) is 5.94. The normalized spacial score (nSPS) is 12.7. The van der Waals surface area contributed by atoms with Gasteiger partial charge in [-0.15, -0.1) is 11.8 Å². The Balaban J connectivity index is 2.71. The Kier molecular flexibility index (Phi) is 8.98. The Bertz CT molecular complexity index is 649. The fourth-order valence-corrected chi connectivity index (χ4v) is 2.62. The number of methoxy groups -OCH3 is 2. The summed E-state index contributed by atoms with van der Waals surface area (Å²) in [4.78, 5) is 37.0. The van der Waals surface area contributed by atoms with Crippen molar-refractivity contribution in [2.24, 2.45) is 5.92 Å². The van der Waals surface area contributed by atoms with Crippen LogP contribution in [-0.4, -0.2) is 51.0 Å². The van der Waals surface area contributed by atoms with E-state index in [-0.39, 0.29) is 11.5 Å². The molecule has 0 aliphatic rings. The van der Waals surface area contributed by atoms with Crippen LogP contribution in [0.15, 0.2) is 23.1 Å². The molecule has 1 N–H and O–H groups in total. The van der Waals surface area contributed by atoms with Crippen LogP contribution in [0.5, 0.6) is 5.75 Å². The van der Waals surface area contributed by atoms with Crippen LogP contribution in [0.25, 0.3) is 0 Å². The molecule has 0 aliphatic heterocycles. The Hall–Kier alpha value is -2.22. The number of nitrogens with one attached hydrogen (secondary N) is 1. The summed E-state index contributed by atoms with van der Waals surface area (Å²) in [6, 6.07) is 4.28. The number of benzene rings is 1. The average Bonchev–Trinajstić information content (AvgIpc) is 2.68. The molecule has 8 heteroatoms. The largest absolute Gasteiger partial charge is 0.496 e.